The minimum atomic E-state index is -4.61. The molecule has 12 heteroatoms. The van der Waals surface area contributed by atoms with Crippen molar-refractivity contribution in [3.8, 4) is 0 Å². The number of nitrogens with zero attached hydrogens (tertiary/aromatic N) is 3. The van der Waals surface area contributed by atoms with E-state index in [1.54, 1.807) is 0 Å². The van der Waals surface area contributed by atoms with Gasteiger partial charge in [-0.25, -0.2) is 9.59 Å². The standard InChI is InChI=1S/C17H13ClF3N5O3/c18-10-5-7(1-2-9(10)17(19,20)21)23-16(28)26-11-3-4-12(26)14(25-29)13-8(11)6-22-15(27)24-13/h1-2,5-6,11-12,29H,3-4H2,(H,23,28)(H,22,24,27)/b25-14+/t11-,12+/m0/s1. The molecule has 0 aliphatic carbocycles. The fourth-order valence-electron chi connectivity index (χ4n) is 3.82. The molecule has 0 radical (unpaired) electrons. The summed E-state index contributed by atoms with van der Waals surface area (Å²) in [6, 6.07) is 1.24. The van der Waals surface area contributed by atoms with Crippen molar-refractivity contribution < 1.29 is 23.2 Å². The second-order valence-corrected chi connectivity index (χ2v) is 7.04. The largest absolute Gasteiger partial charge is 0.417 e. The van der Waals surface area contributed by atoms with Crippen molar-refractivity contribution >= 4 is 29.0 Å². The lowest BCUT2D eigenvalue weighted by Crippen LogP contribution is -2.48. The third-order valence-corrected chi connectivity index (χ3v) is 5.32. The Morgan fingerprint density at radius 3 is 2.72 bits per heavy atom. The van der Waals surface area contributed by atoms with Crippen LogP contribution in [-0.4, -0.2) is 37.9 Å². The molecule has 8 nitrogen and oxygen atoms in total. The molecule has 2 aromatic rings. The number of fused-ring (bicyclic) bond motifs is 4. The highest BCUT2D eigenvalue weighted by Gasteiger charge is 2.47. The number of benzene rings is 1. The second-order valence-electron chi connectivity index (χ2n) is 6.63. The van der Waals surface area contributed by atoms with Crippen LogP contribution in [0, 0.1) is 0 Å². The monoisotopic (exact) mass is 427 g/mol. The molecule has 0 saturated carbocycles. The average molecular weight is 428 g/mol. The third kappa shape index (κ3) is 3.20. The lowest BCUT2D eigenvalue weighted by molar-refractivity contribution is -0.137. The topological polar surface area (TPSA) is 111 Å². The van der Waals surface area contributed by atoms with E-state index in [4.69, 9.17) is 11.6 Å². The van der Waals surface area contributed by atoms with Gasteiger partial charge in [0, 0.05) is 17.4 Å². The van der Waals surface area contributed by atoms with Gasteiger partial charge in [0.1, 0.15) is 11.4 Å². The zero-order valence-corrected chi connectivity index (χ0v) is 15.3. The summed E-state index contributed by atoms with van der Waals surface area (Å²) in [6.07, 6.45) is -2.19. The van der Waals surface area contributed by atoms with Crippen LogP contribution in [0.5, 0.6) is 0 Å². The van der Waals surface area contributed by atoms with Gasteiger partial charge in [0.15, 0.2) is 0 Å². The fourth-order valence-corrected chi connectivity index (χ4v) is 4.10. The van der Waals surface area contributed by atoms with Crippen LogP contribution < -0.4 is 11.0 Å². The summed E-state index contributed by atoms with van der Waals surface area (Å²) in [5, 5.41) is 14.7. The molecular weight excluding hydrogens is 415 g/mol. The van der Waals surface area contributed by atoms with Gasteiger partial charge in [0.05, 0.1) is 22.7 Å². The highest BCUT2D eigenvalue weighted by atomic mass is 35.5. The first-order valence-corrected chi connectivity index (χ1v) is 8.86. The van der Waals surface area contributed by atoms with Crippen LogP contribution in [0.3, 0.4) is 0 Å². The number of carbonyl (C=O) groups is 1. The maximum absolute atomic E-state index is 12.9. The van der Waals surface area contributed by atoms with Crippen LogP contribution in [0.1, 0.15) is 35.7 Å². The van der Waals surface area contributed by atoms with E-state index in [1.807, 2.05) is 0 Å². The molecule has 1 aromatic heterocycles. The van der Waals surface area contributed by atoms with Crippen LogP contribution in [0.15, 0.2) is 34.3 Å². The number of rotatable bonds is 1. The predicted octanol–water partition coefficient (Wildman–Crippen LogP) is 3.37. The number of hydrogen-bond donors (Lipinski definition) is 3. The summed E-state index contributed by atoms with van der Waals surface area (Å²) in [6.45, 7) is 0. The molecule has 1 aromatic carbocycles. The summed E-state index contributed by atoms with van der Waals surface area (Å²) < 4.78 is 38.5. The Morgan fingerprint density at radius 1 is 1.34 bits per heavy atom. The lowest BCUT2D eigenvalue weighted by atomic mass is 9.98. The Bertz CT molecular complexity index is 1080. The molecule has 3 N–H and O–H groups in total. The molecule has 0 unspecified atom stereocenters. The zero-order valence-electron chi connectivity index (χ0n) is 14.5. The van der Waals surface area contributed by atoms with Crippen LogP contribution in [0.4, 0.5) is 23.7 Å². The Labute approximate surface area is 166 Å². The predicted molar refractivity (Wildman–Crippen MR) is 96.3 cm³/mol. The van der Waals surface area contributed by atoms with E-state index in [0.717, 1.165) is 18.2 Å². The molecule has 2 atom stereocenters. The van der Waals surface area contributed by atoms with Gasteiger partial charge < -0.3 is 20.4 Å². The van der Waals surface area contributed by atoms with Gasteiger partial charge in [0.25, 0.3) is 0 Å². The van der Waals surface area contributed by atoms with Crippen molar-refractivity contribution in [2.45, 2.75) is 31.1 Å². The minimum absolute atomic E-state index is 0.0836. The van der Waals surface area contributed by atoms with Crippen molar-refractivity contribution in [1.29, 1.82) is 0 Å². The van der Waals surface area contributed by atoms with E-state index in [1.165, 1.54) is 11.1 Å². The van der Waals surface area contributed by atoms with Crippen molar-refractivity contribution in [3.63, 3.8) is 0 Å². The Morgan fingerprint density at radius 2 is 2.07 bits per heavy atom. The maximum atomic E-state index is 12.9. The zero-order chi connectivity index (χ0) is 20.9. The molecule has 1 saturated heterocycles. The smallest absolute Gasteiger partial charge is 0.411 e. The summed E-state index contributed by atoms with van der Waals surface area (Å²) >= 11 is 5.70. The molecule has 3 heterocycles. The fraction of sp³-hybridized carbons (Fsp3) is 0.294. The number of hydrogen-bond acceptors (Lipinski definition) is 5. The number of carbonyl (C=O) groups excluding carboxylic acids is 1. The number of H-pyrrole nitrogens is 1. The summed E-state index contributed by atoms with van der Waals surface area (Å²) in [7, 11) is 0. The van der Waals surface area contributed by atoms with Gasteiger partial charge in [0.2, 0.25) is 0 Å². The average Bonchev–Trinajstić information content (AvgIpc) is 3.00. The quantitative estimate of drug-likeness (QED) is 0.478. The Hall–Kier alpha value is -3.08. The highest BCUT2D eigenvalue weighted by molar-refractivity contribution is 6.31. The number of aromatic amines is 1. The maximum Gasteiger partial charge on any atom is 0.417 e. The number of halogens is 4. The SMILES string of the molecule is O=C(Nc1ccc(C(F)(F)F)c(Cl)c1)N1[C@@H]2CC[C@H]1c1c[nH]c(=O)nc1/C2=N/O. The normalized spacial score (nSPS) is 21.9. The van der Waals surface area contributed by atoms with Crippen molar-refractivity contribution in [2.75, 3.05) is 5.32 Å². The highest BCUT2D eigenvalue weighted by Crippen LogP contribution is 2.43. The molecule has 4 rings (SSSR count). The lowest BCUT2D eigenvalue weighted by Gasteiger charge is -2.35. The van der Waals surface area contributed by atoms with E-state index < -0.39 is 40.6 Å². The molecule has 2 aliphatic rings. The molecular formula is C17H13ClF3N5O3. The van der Waals surface area contributed by atoms with E-state index in [0.29, 0.717) is 18.4 Å². The summed E-state index contributed by atoms with van der Waals surface area (Å²) in [5.74, 6) is 0. The Kier molecular flexibility index (Phi) is 4.49. The molecule has 2 aliphatic heterocycles. The first kappa shape index (κ1) is 19.2. The Balaban J connectivity index is 1.64. The third-order valence-electron chi connectivity index (χ3n) is 5.01. The van der Waals surface area contributed by atoms with E-state index in [-0.39, 0.29) is 17.1 Å². The van der Waals surface area contributed by atoms with Crippen molar-refractivity contribution in [1.82, 2.24) is 14.9 Å². The van der Waals surface area contributed by atoms with Gasteiger partial charge in [-0.1, -0.05) is 16.8 Å². The van der Waals surface area contributed by atoms with E-state index in [9.17, 15) is 28.0 Å². The number of urea groups is 1. The van der Waals surface area contributed by atoms with Gasteiger partial charge in [-0.2, -0.15) is 18.2 Å². The molecule has 2 bridgehead atoms. The van der Waals surface area contributed by atoms with Gasteiger partial charge in [-0.15, -0.1) is 0 Å². The van der Waals surface area contributed by atoms with Crippen LogP contribution in [-0.2, 0) is 6.18 Å². The number of anilines is 1. The molecule has 29 heavy (non-hydrogen) atoms. The molecule has 1 fully saturated rings. The number of amides is 2. The molecule has 152 valence electrons. The molecule has 2 amide bonds. The van der Waals surface area contributed by atoms with E-state index >= 15 is 0 Å². The molecule has 0 spiro atoms. The summed E-state index contributed by atoms with van der Waals surface area (Å²) in [4.78, 5) is 32.1. The van der Waals surface area contributed by atoms with Gasteiger partial charge in [-0.05, 0) is 31.0 Å². The van der Waals surface area contributed by atoms with Crippen LogP contribution >= 0.6 is 11.6 Å². The van der Waals surface area contributed by atoms with Crippen LogP contribution in [0.2, 0.25) is 5.02 Å². The van der Waals surface area contributed by atoms with Gasteiger partial charge in [-0.3, -0.25) is 0 Å². The van der Waals surface area contributed by atoms with Crippen molar-refractivity contribution in [2.24, 2.45) is 5.16 Å². The van der Waals surface area contributed by atoms with Crippen molar-refractivity contribution in [3.05, 3.63) is 56.7 Å². The minimum Gasteiger partial charge on any atom is -0.411 e. The first-order valence-electron chi connectivity index (χ1n) is 8.48. The number of aromatic nitrogens is 2. The first-order chi connectivity index (χ1) is 13.7. The number of oxime groups is 1. The second kappa shape index (κ2) is 6.76. The van der Waals surface area contributed by atoms with Crippen LogP contribution in [0.25, 0.3) is 0 Å². The number of nitrogens with one attached hydrogen (secondary N) is 2. The van der Waals surface area contributed by atoms with E-state index in [2.05, 4.69) is 20.4 Å². The summed E-state index contributed by atoms with van der Waals surface area (Å²) in [5.41, 5.74) is -0.701. The van der Waals surface area contributed by atoms with Gasteiger partial charge >= 0.3 is 17.9 Å². The number of alkyl halides is 3.